The molecule has 0 heterocycles. The Balaban J connectivity index is 2.15. The fourth-order valence-corrected chi connectivity index (χ4v) is 2.41. The summed E-state index contributed by atoms with van der Waals surface area (Å²) in [7, 11) is -3.90. The van der Waals surface area contributed by atoms with Crippen molar-refractivity contribution in [2.45, 2.75) is 38.1 Å². The largest absolute Gasteiger partial charge is 0.362 e. The zero-order valence-corrected chi connectivity index (χ0v) is 10.7. The minimum absolute atomic E-state index is 0.136. The minimum atomic E-state index is -3.90. The minimum Gasteiger partial charge on any atom is -0.362 e. The quantitative estimate of drug-likeness (QED) is 0.513. The van der Waals surface area contributed by atoms with Gasteiger partial charge in [-0.25, -0.2) is 0 Å². The molecule has 0 bridgehead atoms. The van der Waals surface area contributed by atoms with Crippen LogP contribution in [-0.2, 0) is 10.1 Å². The Morgan fingerprint density at radius 1 is 1.31 bits per heavy atom. The summed E-state index contributed by atoms with van der Waals surface area (Å²) in [6.45, 7) is 0.136. The maximum atomic E-state index is 10.5. The lowest BCUT2D eigenvalue weighted by Gasteiger charge is -2.24. The van der Waals surface area contributed by atoms with Crippen molar-refractivity contribution in [3.63, 3.8) is 0 Å². The Kier molecular flexibility index (Phi) is 5.43. The highest BCUT2D eigenvalue weighted by Crippen LogP contribution is 2.17. The van der Waals surface area contributed by atoms with E-state index < -0.39 is 10.1 Å². The molecule has 1 fully saturated rings. The molecule has 0 aromatic carbocycles. The molecule has 5 nitrogen and oxygen atoms in total. The SMILES string of the molecule is O=S(=O)(O)CCNC(=S)NC1CCCCC1. The van der Waals surface area contributed by atoms with Crippen LogP contribution in [0.25, 0.3) is 0 Å². The molecule has 1 saturated carbocycles. The Morgan fingerprint density at radius 2 is 1.94 bits per heavy atom. The van der Waals surface area contributed by atoms with Crippen LogP contribution in [0.15, 0.2) is 0 Å². The Morgan fingerprint density at radius 3 is 2.50 bits per heavy atom. The van der Waals surface area contributed by atoms with Gasteiger partial charge in [0.2, 0.25) is 0 Å². The number of hydrogen-bond acceptors (Lipinski definition) is 3. The Hall–Kier alpha value is -0.400. The molecular formula is C9H18N2O3S2. The number of rotatable bonds is 4. The Labute approximate surface area is 102 Å². The van der Waals surface area contributed by atoms with Crippen molar-refractivity contribution >= 4 is 27.4 Å². The van der Waals surface area contributed by atoms with Gasteiger partial charge in [0.25, 0.3) is 10.1 Å². The van der Waals surface area contributed by atoms with E-state index in [2.05, 4.69) is 10.6 Å². The van der Waals surface area contributed by atoms with Gasteiger partial charge in [-0.05, 0) is 25.1 Å². The summed E-state index contributed by atoms with van der Waals surface area (Å²) in [4.78, 5) is 0. The molecule has 0 amide bonds. The van der Waals surface area contributed by atoms with E-state index in [9.17, 15) is 8.42 Å². The lowest BCUT2D eigenvalue weighted by molar-refractivity contribution is 0.412. The van der Waals surface area contributed by atoms with E-state index in [0.29, 0.717) is 11.2 Å². The standard InChI is InChI=1S/C9H18N2O3S2/c12-16(13,14)7-6-10-9(15)11-8-4-2-1-3-5-8/h8H,1-7H2,(H2,10,11,15)(H,12,13,14). The first-order valence-corrected chi connectivity index (χ1v) is 7.48. The molecular weight excluding hydrogens is 248 g/mol. The molecule has 0 aromatic heterocycles. The second-order valence-electron chi connectivity index (χ2n) is 4.02. The van der Waals surface area contributed by atoms with Gasteiger partial charge in [0.05, 0.1) is 5.75 Å². The third-order valence-corrected chi connectivity index (χ3v) is 3.57. The van der Waals surface area contributed by atoms with E-state index in [1.54, 1.807) is 0 Å². The van der Waals surface area contributed by atoms with Crippen LogP contribution in [0.1, 0.15) is 32.1 Å². The Bertz CT molecular complexity index is 324. The molecule has 3 N–H and O–H groups in total. The van der Waals surface area contributed by atoms with Crippen molar-refractivity contribution in [2.24, 2.45) is 0 Å². The van der Waals surface area contributed by atoms with Crippen LogP contribution >= 0.6 is 12.2 Å². The highest BCUT2D eigenvalue weighted by Gasteiger charge is 2.13. The second kappa shape index (κ2) is 6.36. The predicted octanol–water partition coefficient (Wildman–Crippen LogP) is 0.671. The lowest BCUT2D eigenvalue weighted by Crippen LogP contribution is -2.43. The third-order valence-electron chi connectivity index (χ3n) is 2.59. The van der Waals surface area contributed by atoms with E-state index in [-0.39, 0.29) is 12.3 Å². The summed E-state index contributed by atoms with van der Waals surface area (Å²) in [6.07, 6.45) is 5.93. The van der Waals surface area contributed by atoms with E-state index in [1.165, 1.54) is 19.3 Å². The fourth-order valence-electron chi connectivity index (χ4n) is 1.78. The van der Waals surface area contributed by atoms with Crippen LogP contribution in [0, 0.1) is 0 Å². The molecule has 0 aliphatic heterocycles. The summed E-state index contributed by atoms with van der Waals surface area (Å²) in [5, 5.41) is 6.38. The number of nitrogens with one attached hydrogen (secondary N) is 2. The van der Waals surface area contributed by atoms with Crippen LogP contribution in [0.4, 0.5) is 0 Å². The van der Waals surface area contributed by atoms with Crippen molar-refractivity contribution in [2.75, 3.05) is 12.3 Å². The van der Waals surface area contributed by atoms with Crippen LogP contribution in [0.5, 0.6) is 0 Å². The molecule has 94 valence electrons. The monoisotopic (exact) mass is 266 g/mol. The summed E-state index contributed by atoms with van der Waals surface area (Å²) < 4.78 is 29.4. The van der Waals surface area contributed by atoms with Crippen LogP contribution < -0.4 is 10.6 Å². The topological polar surface area (TPSA) is 78.4 Å². The van der Waals surface area contributed by atoms with Crippen molar-refractivity contribution in [3.8, 4) is 0 Å². The van der Waals surface area contributed by atoms with Gasteiger partial charge in [-0.2, -0.15) is 8.42 Å². The van der Waals surface area contributed by atoms with Gasteiger partial charge in [-0.1, -0.05) is 19.3 Å². The molecule has 7 heteroatoms. The predicted molar refractivity (Wildman–Crippen MR) is 67.0 cm³/mol. The van der Waals surface area contributed by atoms with Gasteiger partial charge < -0.3 is 10.6 Å². The van der Waals surface area contributed by atoms with Gasteiger partial charge in [-0.3, -0.25) is 4.55 Å². The second-order valence-corrected chi connectivity index (χ2v) is 6.00. The summed E-state index contributed by atoms with van der Waals surface area (Å²) in [6, 6.07) is 0.402. The smallest absolute Gasteiger partial charge is 0.266 e. The first-order chi connectivity index (χ1) is 7.47. The maximum absolute atomic E-state index is 10.5. The van der Waals surface area contributed by atoms with Gasteiger partial charge in [0, 0.05) is 12.6 Å². The van der Waals surface area contributed by atoms with Crippen LogP contribution in [-0.4, -0.2) is 36.4 Å². The molecule has 0 unspecified atom stereocenters. The van der Waals surface area contributed by atoms with E-state index >= 15 is 0 Å². The first kappa shape index (κ1) is 13.7. The average molecular weight is 266 g/mol. The molecule has 16 heavy (non-hydrogen) atoms. The van der Waals surface area contributed by atoms with E-state index in [4.69, 9.17) is 16.8 Å². The molecule has 0 atom stereocenters. The van der Waals surface area contributed by atoms with Crippen molar-refractivity contribution < 1.29 is 13.0 Å². The maximum Gasteiger partial charge on any atom is 0.266 e. The van der Waals surface area contributed by atoms with Crippen molar-refractivity contribution in [1.82, 2.24) is 10.6 Å². The number of thiocarbonyl (C=S) groups is 1. The molecule has 1 aliphatic carbocycles. The van der Waals surface area contributed by atoms with Crippen molar-refractivity contribution in [3.05, 3.63) is 0 Å². The van der Waals surface area contributed by atoms with E-state index in [0.717, 1.165) is 12.8 Å². The highest BCUT2D eigenvalue weighted by atomic mass is 32.2. The van der Waals surface area contributed by atoms with Crippen LogP contribution in [0.2, 0.25) is 0 Å². The van der Waals surface area contributed by atoms with Gasteiger partial charge in [-0.15, -0.1) is 0 Å². The van der Waals surface area contributed by atoms with Gasteiger partial charge in [0.15, 0.2) is 5.11 Å². The molecule has 1 aliphatic rings. The first-order valence-electron chi connectivity index (χ1n) is 5.47. The van der Waals surface area contributed by atoms with E-state index in [1.807, 2.05) is 0 Å². The van der Waals surface area contributed by atoms with Gasteiger partial charge >= 0.3 is 0 Å². The number of hydrogen-bond donors (Lipinski definition) is 3. The molecule has 0 spiro atoms. The van der Waals surface area contributed by atoms with Crippen molar-refractivity contribution in [1.29, 1.82) is 0 Å². The lowest BCUT2D eigenvalue weighted by atomic mass is 9.96. The third kappa shape index (κ3) is 6.24. The fraction of sp³-hybridized carbons (Fsp3) is 0.889. The zero-order chi connectivity index (χ0) is 12.0. The molecule has 0 radical (unpaired) electrons. The van der Waals surface area contributed by atoms with Crippen LogP contribution in [0.3, 0.4) is 0 Å². The molecule has 0 aromatic rings. The highest BCUT2D eigenvalue weighted by molar-refractivity contribution is 7.85. The normalized spacial score (nSPS) is 18.1. The summed E-state index contributed by atoms with van der Waals surface area (Å²) in [5.74, 6) is -0.320. The molecule has 0 saturated heterocycles. The zero-order valence-electron chi connectivity index (χ0n) is 9.11. The van der Waals surface area contributed by atoms with Gasteiger partial charge in [0.1, 0.15) is 0 Å². The summed E-state index contributed by atoms with van der Waals surface area (Å²) in [5.41, 5.74) is 0. The average Bonchev–Trinajstić information content (AvgIpc) is 2.17. The summed E-state index contributed by atoms with van der Waals surface area (Å²) >= 11 is 5.02. The molecule has 1 rings (SSSR count).